The second-order valence-corrected chi connectivity index (χ2v) is 10.2. The van der Waals surface area contributed by atoms with Crippen molar-refractivity contribution in [3.63, 3.8) is 0 Å². The van der Waals surface area contributed by atoms with E-state index in [9.17, 15) is 5.11 Å². The van der Waals surface area contributed by atoms with E-state index >= 15 is 0 Å². The molecule has 1 aliphatic rings. The van der Waals surface area contributed by atoms with Crippen molar-refractivity contribution in [2.75, 3.05) is 26.3 Å². The summed E-state index contributed by atoms with van der Waals surface area (Å²) in [7, 11) is 0. The third kappa shape index (κ3) is 7.87. The molecule has 1 atom stereocenters. The molecule has 1 aliphatic heterocycles. The Labute approximate surface area is 217 Å². The largest absolute Gasteiger partial charge is 0.494 e. The van der Waals surface area contributed by atoms with E-state index in [0.29, 0.717) is 35.2 Å². The molecule has 3 aromatic rings. The Balaban J connectivity index is 1.23. The second kappa shape index (κ2) is 12.1. The van der Waals surface area contributed by atoms with Gasteiger partial charge in [0.05, 0.1) is 28.5 Å². The van der Waals surface area contributed by atoms with E-state index in [4.69, 9.17) is 32.7 Å². The highest BCUT2D eigenvalue weighted by Gasteiger charge is 2.31. The molecule has 0 amide bonds. The Morgan fingerprint density at radius 3 is 2.69 bits per heavy atom. The van der Waals surface area contributed by atoms with E-state index < -0.39 is 5.60 Å². The zero-order valence-electron chi connectivity index (χ0n) is 20.1. The third-order valence-electron chi connectivity index (χ3n) is 6.28. The number of aliphatic hydroxyl groups is 1. The van der Waals surface area contributed by atoms with Crippen LogP contribution in [-0.4, -0.2) is 51.7 Å². The number of likely N-dealkylation sites (tertiary alicyclic amines) is 1. The molecule has 188 valence electrons. The maximum atomic E-state index is 11.1. The van der Waals surface area contributed by atoms with Gasteiger partial charge in [-0.05, 0) is 68.1 Å². The van der Waals surface area contributed by atoms with E-state index in [-0.39, 0.29) is 6.61 Å². The van der Waals surface area contributed by atoms with Gasteiger partial charge in [0.2, 0.25) is 0 Å². The molecular weight excluding hydrogens is 485 g/mol. The van der Waals surface area contributed by atoms with Gasteiger partial charge in [0.1, 0.15) is 18.1 Å². The molecule has 2 aromatic carbocycles. The van der Waals surface area contributed by atoms with Crippen molar-refractivity contribution in [1.82, 2.24) is 14.7 Å². The van der Waals surface area contributed by atoms with Gasteiger partial charge in [0.15, 0.2) is 0 Å². The SMILES string of the molecule is Cc1cnn(CCCOc2cccc(CN3CCC[C@@](O)(COc4ccc(Cl)c(Cl)c4)CC3)c2)c1. The summed E-state index contributed by atoms with van der Waals surface area (Å²) in [5.74, 6) is 1.51. The summed E-state index contributed by atoms with van der Waals surface area (Å²) < 4.78 is 13.8. The molecule has 35 heavy (non-hydrogen) atoms. The van der Waals surface area contributed by atoms with Crippen LogP contribution in [0.4, 0.5) is 0 Å². The van der Waals surface area contributed by atoms with Crippen molar-refractivity contribution in [3.8, 4) is 11.5 Å². The molecule has 8 heteroatoms. The van der Waals surface area contributed by atoms with Crippen LogP contribution >= 0.6 is 23.2 Å². The first kappa shape index (κ1) is 25.8. The lowest BCUT2D eigenvalue weighted by Crippen LogP contribution is -2.37. The van der Waals surface area contributed by atoms with E-state index in [0.717, 1.165) is 44.8 Å². The first-order valence-electron chi connectivity index (χ1n) is 12.1. The minimum absolute atomic E-state index is 0.236. The van der Waals surface area contributed by atoms with Crippen molar-refractivity contribution in [2.24, 2.45) is 0 Å². The average molecular weight is 518 g/mol. The Morgan fingerprint density at radius 1 is 1.03 bits per heavy atom. The average Bonchev–Trinajstić information content (AvgIpc) is 3.17. The molecule has 0 spiro atoms. The van der Waals surface area contributed by atoms with Gasteiger partial charge in [0.25, 0.3) is 0 Å². The molecule has 0 radical (unpaired) electrons. The lowest BCUT2D eigenvalue weighted by molar-refractivity contribution is -0.0168. The van der Waals surface area contributed by atoms with Crippen LogP contribution in [0.5, 0.6) is 11.5 Å². The van der Waals surface area contributed by atoms with Gasteiger partial charge in [-0.2, -0.15) is 5.10 Å². The molecule has 0 aliphatic carbocycles. The Hall–Kier alpha value is -2.25. The van der Waals surface area contributed by atoms with Crippen LogP contribution in [-0.2, 0) is 13.1 Å². The molecule has 1 fully saturated rings. The number of ether oxygens (including phenoxy) is 2. The summed E-state index contributed by atoms with van der Waals surface area (Å²) in [6.45, 7) is 6.34. The molecule has 1 saturated heterocycles. The smallest absolute Gasteiger partial charge is 0.121 e. The van der Waals surface area contributed by atoms with Crippen LogP contribution in [0.1, 0.15) is 36.8 Å². The summed E-state index contributed by atoms with van der Waals surface area (Å²) in [5, 5.41) is 16.4. The van der Waals surface area contributed by atoms with E-state index in [1.165, 1.54) is 11.1 Å². The number of aromatic nitrogens is 2. The first-order valence-corrected chi connectivity index (χ1v) is 12.9. The van der Waals surface area contributed by atoms with Crippen molar-refractivity contribution in [2.45, 2.75) is 51.3 Å². The van der Waals surface area contributed by atoms with Crippen molar-refractivity contribution in [1.29, 1.82) is 0 Å². The number of hydrogen-bond acceptors (Lipinski definition) is 5. The molecule has 1 aromatic heterocycles. The highest BCUT2D eigenvalue weighted by atomic mass is 35.5. The van der Waals surface area contributed by atoms with Gasteiger partial charge in [0, 0.05) is 38.3 Å². The maximum absolute atomic E-state index is 11.1. The van der Waals surface area contributed by atoms with E-state index in [1.807, 2.05) is 36.1 Å². The normalized spacial score (nSPS) is 18.9. The monoisotopic (exact) mass is 517 g/mol. The number of aryl methyl sites for hydroxylation is 2. The molecule has 6 nitrogen and oxygen atoms in total. The third-order valence-corrected chi connectivity index (χ3v) is 7.01. The summed E-state index contributed by atoms with van der Waals surface area (Å²) >= 11 is 12.0. The topological polar surface area (TPSA) is 59.8 Å². The Bertz CT molecular complexity index is 1110. The van der Waals surface area contributed by atoms with Crippen LogP contribution in [0.15, 0.2) is 54.9 Å². The lowest BCUT2D eigenvalue weighted by atomic mass is 9.96. The van der Waals surface area contributed by atoms with Crippen LogP contribution < -0.4 is 9.47 Å². The quantitative estimate of drug-likeness (QED) is 0.346. The minimum Gasteiger partial charge on any atom is -0.494 e. The van der Waals surface area contributed by atoms with Gasteiger partial charge in [-0.15, -0.1) is 0 Å². The number of benzene rings is 2. The van der Waals surface area contributed by atoms with Gasteiger partial charge in [-0.1, -0.05) is 35.3 Å². The zero-order chi connectivity index (χ0) is 24.7. The maximum Gasteiger partial charge on any atom is 0.121 e. The predicted molar refractivity (Wildman–Crippen MR) is 140 cm³/mol. The van der Waals surface area contributed by atoms with Crippen molar-refractivity contribution in [3.05, 3.63) is 76.0 Å². The van der Waals surface area contributed by atoms with Crippen LogP contribution in [0.2, 0.25) is 10.0 Å². The van der Waals surface area contributed by atoms with Crippen LogP contribution in [0.3, 0.4) is 0 Å². The minimum atomic E-state index is -0.862. The Morgan fingerprint density at radius 2 is 1.89 bits per heavy atom. The number of rotatable bonds is 10. The van der Waals surface area contributed by atoms with Crippen molar-refractivity contribution >= 4 is 23.2 Å². The molecule has 2 heterocycles. The van der Waals surface area contributed by atoms with Gasteiger partial charge >= 0.3 is 0 Å². The fraction of sp³-hybridized carbons (Fsp3) is 0.444. The standard InChI is InChI=1S/C27H33Cl2N3O3/c1-21-17-30-32(18-21)12-4-14-34-23-6-2-5-22(15-23)19-31-11-3-9-27(33,10-13-31)20-35-24-7-8-25(28)26(29)16-24/h2,5-8,15-18,33H,3-4,9-14,19-20H2,1H3/t27-/m0/s1. The molecule has 0 unspecified atom stereocenters. The fourth-order valence-corrected chi connectivity index (χ4v) is 4.61. The Kier molecular flexibility index (Phi) is 8.95. The van der Waals surface area contributed by atoms with Gasteiger partial charge in [-0.25, -0.2) is 0 Å². The highest BCUT2D eigenvalue weighted by molar-refractivity contribution is 6.42. The fourth-order valence-electron chi connectivity index (χ4n) is 4.32. The molecule has 1 N–H and O–H groups in total. The molecular formula is C27H33Cl2N3O3. The summed E-state index contributed by atoms with van der Waals surface area (Å²) in [5.41, 5.74) is 1.52. The van der Waals surface area contributed by atoms with Crippen molar-refractivity contribution < 1.29 is 14.6 Å². The lowest BCUT2D eigenvalue weighted by Gasteiger charge is -2.27. The molecule has 0 saturated carbocycles. The number of halogens is 2. The van der Waals surface area contributed by atoms with Gasteiger partial charge < -0.3 is 14.6 Å². The molecule has 0 bridgehead atoms. The first-order chi connectivity index (χ1) is 16.9. The predicted octanol–water partition coefficient (Wildman–Crippen LogP) is 5.76. The molecule has 4 rings (SSSR count). The van der Waals surface area contributed by atoms with Crippen LogP contribution in [0, 0.1) is 6.92 Å². The summed E-state index contributed by atoms with van der Waals surface area (Å²) in [6, 6.07) is 13.4. The van der Waals surface area contributed by atoms with E-state index in [1.54, 1.807) is 18.2 Å². The summed E-state index contributed by atoms with van der Waals surface area (Å²) in [6.07, 6.45) is 7.07. The summed E-state index contributed by atoms with van der Waals surface area (Å²) in [4.78, 5) is 2.39. The van der Waals surface area contributed by atoms with Crippen LogP contribution in [0.25, 0.3) is 0 Å². The second-order valence-electron chi connectivity index (χ2n) is 9.35. The van der Waals surface area contributed by atoms with E-state index in [2.05, 4.69) is 22.1 Å². The van der Waals surface area contributed by atoms with Gasteiger partial charge in [-0.3, -0.25) is 9.58 Å². The number of hydrogen-bond donors (Lipinski definition) is 1. The highest BCUT2D eigenvalue weighted by Crippen LogP contribution is 2.29. The number of nitrogens with zero attached hydrogens (tertiary/aromatic N) is 3. The zero-order valence-corrected chi connectivity index (χ0v) is 21.6.